The fourth-order valence-corrected chi connectivity index (χ4v) is 5.09. The van der Waals surface area contributed by atoms with Crippen molar-refractivity contribution in [2.75, 3.05) is 14.1 Å². The van der Waals surface area contributed by atoms with Gasteiger partial charge < -0.3 is 4.90 Å². The minimum atomic E-state index is -3.82. The van der Waals surface area contributed by atoms with Crippen LogP contribution in [0.2, 0.25) is 0 Å². The van der Waals surface area contributed by atoms with Crippen molar-refractivity contribution in [1.82, 2.24) is 14.7 Å². The molecular formula is C20H16FN5O2S2. The number of nitrogens with zero attached hydrogens (tertiary/aromatic N) is 5. The van der Waals surface area contributed by atoms with Gasteiger partial charge in [-0.3, -0.25) is 0 Å². The molecule has 0 N–H and O–H groups in total. The van der Waals surface area contributed by atoms with E-state index >= 15 is 0 Å². The van der Waals surface area contributed by atoms with E-state index in [1.807, 2.05) is 0 Å². The van der Waals surface area contributed by atoms with Gasteiger partial charge in [0.1, 0.15) is 18.2 Å². The van der Waals surface area contributed by atoms with Crippen LogP contribution in [0.3, 0.4) is 0 Å². The molecule has 0 aliphatic carbocycles. The van der Waals surface area contributed by atoms with Gasteiger partial charge in [-0.25, -0.2) is 9.07 Å². The average molecular weight is 442 g/mol. The summed E-state index contributed by atoms with van der Waals surface area (Å²) in [5, 5.41) is 13.9. The molecule has 2 aromatic carbocycles. The molecule has 7 nitrogen and oxygen atoms in total. The van der Waals surface area contributed by atoms with Gasteiger partial charge in [-0.1, -0.05) is 0 Å². The Kier molecular flexibility index (Phi) is 5.09. The van der Waals surface area contributed by atoms with Crippen molar-refractivity contribution in [1.29, 1.82) is 5.26 Å². The van der Waals surface area contributed by atoms with Gasteiger partial charge in [-0.15, -0.1) is 16.2 Å². The Morgan fingerprint density at radius 1 is 1.27 bits per heavy atom. The van der Waals surface area contributed by atoms with E-state index in [-0.39, 0.29) is 16.4 Å². The normalized spacial score (nSPS) is 13.0. The zero-order valence-electron chi connectivity index (χ0n) is 16.1. The van der Waals surface area contributed by atoms with Crippen LogP contribution < -0.4 is 0 Å². The maximum Gasteiger partial charge on any atom is 0.283 e. The SMILES string of the molecule is CN(C)/C=N\S(=O)(=O)c1ccc(-n2nc(C#N)c3c2-c2ccc(F)cc2CS3)cc1. The van der Waals surface area contributed by atoms with Gasteiger partial charge in [-0.05, 0) is 48.0 Å². The summed E-state index contributed by atoms with van der Waals surface area (Å²) < 4.78 is 43.6. The molecule has 0 unspecified atom stereocenters. The lowest BCUT2D eigenvalue weighted by Crippen LogP contribution is -2.10. The predicted octanol–water partition coefficient (Wildman–Crippen LogP) is 3.43. The molecule has 0 saturated heterocycles. The highest BCUT2D eigenvalue weighted by molar-refractivity contribution is 7.98. The average Bonchev–Trinajstić information content (AvgIpc) is 3.11. The maximum absolute atomic E-state index is 13.7. The monoisotopic (exact) mass is 441 g/mol. The second-order valence-electron chi connectivity index (χ2n) is 6.79. The van der Waals surface area contributed by atoms with Crippen LogP contribution in [0.15, 0.2) is 56.7 Å². The maximum atomic E-state index is 13.7. The first-order valence-electron chi connectivity index (χ1n) is 8.82. The Bertz CT molecular complexity index is 1310. The van der Waals surface area contributed by atoms with Crippen LogP contribution in [0.25, 0.3) is 16.9 Å². The third-order valence-corrected chi connectivity index (χ3v) is 6.81. The summed E-state index contributed by atoms with van der Waals surface area (Å²) >= 11 is 1.43. The van der Waals surface area contributed by atoms with Gasteiger partial charge in [-0.2, -0.15) is 18.8 Å². The summed E-state index contributed by atoms with van der Waals surface area (Å²) in [6, 6.07) is 12.7. The second-order valence-corrected chi connectivity index (χ2v) is 9.41. The van der Waals surface area contributed by atoms with Gasteiger partial charge in [0.2, 0.25) is 0 Å². The molecule has 10 heteroatoms. The Balaban J connectivity index is 1.81. The molecule has 4 rings (SSSR count). The molecule has 0 fully saturated rings. The number of benzene rings is 2. The summed E-state index contributed by atoms with van der Waals surface area (Å²) in [6.45, 7) is 0. The first-order valence-corrected chi connectivity index (χ1v) is 11.2. The van der Waals surface area contributed by atoms with E-state index < -0.39 is 10.0 Å². The number of fused-ring (bicyclic) bond motifs is 3. The molecule has 3 aromatic rings. The molecule has 0 radical (unpaired) electrons. The molecule has 2 heterocycles. The number of rotatable bonds is 4. The number of hydrogen-bond acceptors (Lipinski definition) is 5. The van der Waals surface area contributed by atoms with Crippen molar-refractivity contribution in [2.45, 2.75) is 15.5 Å². The van der Waals surface area contributed by atoms with Crippen molar-refractivity contribution in [3.8, 4) is 23.0 Å². The third-order valence-electron chi connectivity index (χ3n) is 4.44. The number of sulfonamides is 1. The topological polar surface area (TPSA) is 91.3 Å². The number of halogens is 1. The molecule has 152 valence electrons. The lowest BCUT2D eigenvalue weighted by atomic mass is 10.0. The largest absolute Gasteiger partial charge is 0.368 e. The highest BCUT2D eigenvalue weighted by Gasteiger charge is 2.27. The Labute approximate surface area is 177 Å². The minimum absolute atomic E-state index is 0.0442. The summed E-state index contributed by atoms with van der Waals surface area (Å²) in [5.41, 5.74) is 3.17. The number of hydrogen-bond donors (Lipinski definition) is 0. The molecule has 0 spiro atoms. The quantitative estimate of drug-likeness (QED) is 0.455. The Hall–Kier alpha value is -3.16. The van der Waals surface area contributed by atoms with Crippen LogP contribution in [-0.2, 0) is 15.8 Å². The number of thioether (sulfide) groups is 1. The summed E-state index contributed by atoms with van der Waals surface area (Å²) in [7, 11) is -0.468. The van der Waals surface area contributed by atoms with Gasteiger partial charge >= 0.3 is 0 Å². The lowest BCUT2D eigenvalue weighted by molar-refractivity contribution is 0.594. The highest BCUT2D eigenvalue weighted by atomic mass is 32.2. The first-order chi connectivity index (χ1) is 14.3. The zero-order chi connectivity index (χ0) is 21.5. The van der Waals surface area contributed by atoms with Crippen LogP contribution in [0.1, 0.15) is 11.3 Å². The van der Waals surface area contributed by atoms with Crippen LogP contribution in [-0.4, -0.2) is 43.5 Å². The molecule has 0 amide bonds. The second kappa shape index (κ2) is 7.59. The van der Waals surface area contributed by atoms with Crippen LogP contribution in [0, 0.1) is 17.1 Å². The van der Waals surface area contributed by atoms with Crippen LogP contribution in [0.5, 0.6) is 0 Å². The number of nitriles is 1. The van der Waals surface area contributed by atoms with Crippen molar-refractivity contribution in [3.63, 3.8) is 0 Å². The molecule has 1 aromatic heterocycles. The van der Waals surface area contributed by atoms with Crippen molar-refractivity contribution < 1.29 is 12.8 Å². The van der Waals surface area contributed by atoms with E-state index in [1.54, 1.807) is 37.0 Å². The third kappa shape index (κ3) is 3.58. The van der Waals surface area contributed by atoms with Gasteiger partial charge in [0.15, 0.2) is 5.69 Å². The van der Waals surface area contributed by atoms with Crippen LogP contribution in [0.4, 0.5) is 4.39 Å². The summed E-state index contributed by atoms with van der Waals surface area (Å²) in [5.74, 6) is 0.221. The van der Waals surface area contributed by atoms with E-state index in [2.05, 4.69) is 15.6 Å². The smallest absolute Gasteiger partial charge is 0.283 e. The molecule has 0 saturated carbocycles. The Morgan fingerprint density at radius 2 is 2.00 bits per heavy atom. The zero-order valence-corrected chi connectivity index (χ0v) is 17.7. The van der Waals surface area contributed by atoms with E-state index in [1.165, 1.54) is 47.3 Å². The molecule has 1 aliphatic rings. The van der Waals surface area contributed by atoms with Gasteiger partial charge in [0.05, 0.1) is 21.2 Å². The lowest BCUT2D eigenvalue weighted by Gasteiger charge is -2.18. The van der Waals surface area contributed by atoms with Gasteiger partial charge in [0.25, 0.3) is 10.0 Å². The summed E-state index contributed by atoms with van der Waals surface area (Å²) in [4.78, 5) is 2.30. The molecular weight excluding hydrogens is 425 g/mol. The van der Waals surface area contributed by atoms with Gasteiger partial charge in [0, 0.05) is 25.4 Å². The molecule has 30 heavy (non-hydrogen) atoms. The van der Waals surface area contributed by atoms with Crippen molar-refractivity contribution in [2.24, 2.45) is 4.40 Å². The van der Waals surface area contributed by atoms with E-state index in [9.17, 15) is 18.1 Å². The molecule has 1 aliphatic heterocycles. The highest BCUT2D eigenvalue weighted by Crippen LogP contribution is 2.44. The molecule has 0 bridgehead atoms. The standard InChI is InChI=1S/C20H16FN5O2S2/c1-25(2)12-23-30(27,28)16-6-4-15(5-7-16)26-19-17-8-3-14(21)9-13(17)11-29-20(19)18(10-22)24-26/h3-9,12H,11H2,1-2H3/b23-12-. The van der Waals surface area contributed by atoms with E-state index in [0.717, 1.165) is 16.0 Å². The fourth-order valence-electron chi connectivity index (χ4n) is 3.08. The molecule has 0 atom stereocenters. The minimum Gasteiger partial charge on any atom is -0.368 e. The summed E-state index contributed by atoms with van der Waals surface area (Å²) in [6.07, 6.45) is 1.22. The van der Waals surface area contributed by atoms with Crippen molar-refractivity contribution >= 4 is 28.1 Å². The number of aromatic nitrogens is 2. The van der Waals surface area contributed by atoms with E-state index in [4.69, 9.17) is 0 Å². The van der Waals surface area contributed by atoms with E-state index in [0.29, 0.717) is 17.1 Å². The first kappa shape index (κ1) is 20.1. The van der Waals surface area contributed by atoms with Crippen LogP contribution >= 0.6 is 11.8 Å². The fraction of sp³-hybridized carbons (Fsp3) is 0.150. The van der Waals surface area contributed by atoms with Crippen molar-refractivity contribution in [3.05, 3.63) is 59.5 Å². The Morgan fingerprint density at radius 3 is 2.67 bits per heavy atom. The predicted molar refractivity (Wildman–Crippen MR) is 113 cm³/mol.